The molecule has 0 aliphatic carbocycles. The van der Waals surface area contributed by atoms with Gasteiger partial charge in [-0.15, -0.1) is 0 Å². The number of benzene rings is 1. The number of hydrogen-bond donors (Lipinski definition) is 2. The van der Waals surface area contributed by atoms with Crippen LogP contribution in [-0.2, 0) is 11.2 Å². The molecule has 27 heavy (non-hydrogen) atoms. The van der Waals surface area contributed by atoms with Gasteiger partial charge in [0.1, 0.15) is 11.4 Å². The summed E-state index contributed by atoms with van der Waals surface area (Å²) in [5.74, 6) is -0.351. The van der Waals surface area contributed by atoms with E-state index in [2.05, 4.69) is 10.6 Å². The van der Waals surface area contributed by atoms with Gasteiger partial charge < -0.3 is 20.3 Å². The molecule has 2 N–H and O–H groups in total. The number of fused-ring (bicyclic) bond motifs is 1. The molecule has 2 heterocycles. The van der Waals surface area contributed by atoms with Crippen molar-refractivity contribution in [2.75, 3.05) is 37.6 Å². The van der Waals surface area contributed by atoms with E-state index >= 15 is 0 Å². The summed E-state index contributed by atoms with van der Waals surface area (Å²) in [6.45, 7) is 8.08. The Bertz CT molecular complexity index is 719. The number of piperazine rings is 1. The van der Waals surface area contributed by atoms with Gasteiger partial charge in [0.2, 0.25) is 0 Å². The maximum absolute atomic E-state index is 13.5. The maximum Gasteiger partial charge on any atom is 0.410 e. The van der Waals surface area contributed by atoms with Crippen molar-refractivity contribution in [1.82, 2.24) is 15.5 Å². The Labute approximate surface area is 158 Å². The van der Waals surface area contributed by atoms with Crippen molar-refractivity contribution in [3.05, 3.63) is 29.6 Å². The Morgan fingerprint density at radius 2 is 2.11 bits per heavy atom. The van der Waals surface area contributed by atoms with Gasteiger partial charge in [0.25, 0.3) is 0 Å². The van der Waals surface area contributed by atoms with Gasteiger partial charge >= 0.3 is 12.1 Å². The fraction of sp³-hybridized carbons (Fsp3) is 0.579. The molecule has 2 aliphatic rings. The van der Waals surface area contributed by atoms with Crippen molar-refractivity contribution in [2.24, 2.45) is 0 Å². The Balaban J connectivity index is 1.52. The van der Waals surface area contributed by atoms with E-state index in [1.54, 1.807) is 15.9 Å². The van der Waals surface area contributed by atoms with E-state index in [1.165, 1.54) is 12.1 Å². The largest absolute Gasteiger partial charge is 0.444 e. The average Bonchev–Trinajstić information content (AvgIpc) is 3.01. The van der Waals surface area contributed by atoms with Crippen LogP contribution >= 0.6 is 0 Å². The van der Waals surface area contributed by atoms with Crippen LogP contribution in [0.5, 0.6) is 0 Å². The lowest BCUT2D eigenvalue weighted by Crippen LogP contribution is -2.57. The molecule has 0 spiro atoms. The molecule has 148 valence electrons. The number of ether oxygens (including phenoxy) is 1. The van der Waals surface area contributed by atoms with Gasteiger partial charge in [-0.3, -0.25) is 4.90 Å². The molecular formula is C19H27FN4O3. The molecule has 0 saturated carbocycles. The third-order valence-electron chi connectivity index (χ3n) is 4.59. The van der Waals surface area contributed by atoms with Gasteiger partial charge in [-0.25, -0.2) is 14.0 Å². The summed E-state index contributed by atoms with van der Waals surface area (Å²) in [5.41, 5.74) is 1.06. The van der Waals surface area contributed by atoms with Crippen molar-refractivity contribution in [1.29, 1.82) is 0 Å². The monoisotopic (exact) mass is 378 g/mol. The van der Waals surface area contributed by atoms with E-state index in [0.717, 1.165) is 12.0 Å². The predicted molar refractivity (Wildman–Crippen MR) is 100 cm³/mol. The first-order chi connectivity index (χ1) is 12.7. The molecule has 1 saturated heterocycles. The first-order valence-corrected chi connectivity index (χ1v) is 9.28. The van der Waals surface area contributed by atoms with Gasteiger partial charge in [0, 0.05) is 38.8 Å². The smallest absolute Gasteiger partial charge is 0.410 e. The Hall–Kier alpha value is -2.35. The highest BCUT2D eigenvalue weighted by Gasteiger charge is 2.29. The molecule has 1 aromatic rings. The highest BCUT2D eigenvalue weighted by molar-refractivity contribution is 5.94. The zero-order valence-corrected chi connectivity index (χ0v) is 16.0. The van der Waals surface area contributed by atoms with Crippen molar-refractivity contribution >= 4 is 17.8 Å². The van der Waals surface area contributed by atoms with Gasteiger partial charge in [-0.2, -0.15) is 0 Å². The van der Waals surface area contributed by atoms with Crippen LogP contribution < -0.4 is 15.5 Å². The van der Waals surface area contributed by atoms with Crippen molar-refractivity contribution < 1.29 is 18.7 Å². The van der Waals surface area contributed by atoms with Crippen LogP contribution in [0, 0.1) is 5.82 Å². The molecule has 7 nitrogen and oxygen atoms in total. The minimum atomic E-state index is -0.538. The summed E-state index contributed by atoms with van der Waals surface area (Å²) in [6.07, 6.45) is 0.376. The van der Waals surface area contributed by atoms with Crippen molar-refractivity contribution in [3.8, 4) is 0 Å². The minimum Gasteiger partial charge on any atom is -0.444 e. The van der Waals surface area contributed by atoms with E-state index < -0.39 is 5.60 Å². The fourth-order valence-electron chi connectivity index (χ4n) is 3.32. The number of carbonyl (C=O) groups excluding carboxylic acids is 2. The van der Waals surface area contributed by atoms with Crippen LogP contribution in [0.4, 0.5) is 19.7 Å². The normalized spacial score (nSPS) is 19.6. The molecule has 0 aromatic heterocycles. The lowest BCUT2D eigenvalue weighted by molar-refractivity contribution is 0.0197. The number of nitrogens with one attached hydrogen (secondary N) is 2. The Kier molecular flexibility index (Phi) is 5.55. The summed E-state index contributed by atoms with van der Waals surface area (Å²) in [6, 6.07) is 4.21. The van der Waals surface area contributed by atoms with Crippen molar-refractivity contribution in [3.63, 3.8) is 0 Å². The zero-order chi connectivity index (χ0) is 19.6. The van der Waals surface area contributed by atoms with E-state index in [-0.39, 0.29) is 24.0 Å². The number of urea groups is 1. The molecule has 8 heteroatoms. The topological polar surface area (TPSA) is 73.9 Å². The Morgan fingerprint density at radius 3 is 2.85 bits per heavy atom. The van der Waals surface area contributed by atoms with Crippen LogP contribution in [0.1, 0.15) is 26.3 Å². The van der Waals surface area contributed by atoms with Gasteiger partial charge in [0.15, 0.2) is 0 Å². The number of halogens is 1. The number of rotatable bonds is 2. The van der Waals surface area contributed by atoms with E-state index in [4.69, 9.17) is 4.74 Å². The minimum absolute atomic E-state index is 0.0650. The van der Waals surface area contributed by atoms with E-state index in [9.17, 15) is 14.0 Å². The van der Waals surface area contributed by atoms with Crippen LogP contribution in [0.15, 0.2) is 18.2 Å². The second kappa shape index (κ2) is 7.72. The molecular weight excluding hydrogens is 351 g/mol. The summed E-state index contributed by atoms with van der Waals surface area (Å²) in [7, 11) is 0. The molecule has 0 bridgehead atoms. The number of carbonyl (C=O) groups is 2. The van der Waals surface area contributed by atoms with Crippen molar-refractivity contribution in [2.45, 2.75) is 38.8 Å². The lowest BCUT2D eigenvalue weighted by Gasteiger charge is -2.35. The third-order valence-corrected chi connectivity index (χ3v) is 4.59. The SMILES string of the molecule is CC(C)(C)OC(=O)N1CCNC(CNC(=O)N2CCc3ccc(F)cc32)C1. The summed E-state index contributed by atoms with van der Waals surface area (Å²) < 4.78 is 18.9. The number of anilines is 1. The second-order valence-corrected chi connectivity index (χ2v) is 7.94. The number of amides is 3. The molecule has 3 amide bonds. The van der Waals surface area contributed by atoms with Crippen LogP contribution in [-0.4, -0.2) is 61.4 Å². The first-order valence-electron chi connectivity index (χ1n) is 9.28. The second-order valence-electron chi connectivity index (χ2n) is 7.94. The van der Waals surface area contributed by atoms with Gasteiger partial charge in [-0.1, -0.05) is 6.07 Å². The van der Waals surface area contributed by atoms with Gasteiger partial charge in [-0.05, 0) is 44.9 Å². The molecule has 1 unspecified atom stereocenters. The van der Waals surface area contributed by atoms with Crippen LogP contribution in [0.25, 0.3) is 0 Å². The van der Waals surface area contributed by atoms with Gasteiger partial charge in [0.05, 0.1) is 5.69 Å². The standard InChI is InChI=1S/C19H27FN4O3/c1-19(2,3)27-18(26)23-9-7-21-15(12-23)11-22-17(25)24-8-6-13-4-5-14(20)10-16(13)24/h4-5,10,15,21H,6-9,11-12H2,1-3H3,(H,22,25). The summed E-state index contributed by atoms with van der Waals surface area (Å²) in [5, 5.41) is 6.18. The highest BCUT2D eigenvalue weighted by atomic mass is 19.1. The molecule has 1 aromatic carbocycles. The predicted octanol–water partition coefficient (Wildman–Crippen LogP) is 2.11. The first kappa shape index (κ1) is 19.4. The lowest BCUT2D eigenvalue weighted by atomic mass is 10.2. The molecule has 1 atom stereocenters. The number of nitrogens with zero attached hydrogens (tertiary/aromatic N) is 2. The quantitative estimate of drug-likeness (QED) is 0.827. The molecule has 1 fully saturated rings. The summed E-state index contributed by atoms with van der Waals surface area (Å²) in [4.78, 5) is 28.0. The van der Waals surface area contributed by atoms with E-state index in [1.807, 2.05) is 20.8 Å². The van der Waals surface area contributed by atoms with Crippen LogP contribution in [0.3, 0.4) is 0 Å². The molecule has 0 radical (unpaired) electrons. The molecule has 3 rings (SSSR count). The average molecular weight is 378 g/mol. The number of hydrogen-bond acceptors (Lipinski definition) is 4. The highest BCUT2D eigenvalue weighted by Crippen LogP contribution is 2.28. The molecule has 2 aliphatic heterocycles. The zero-order valence-electron chi connectivity index (χ0n) is 16.0. The van der Waals surface area contributed by atoms with Crippen LogP contribution in [0.2, 0.25) is 0 Å². The van der Waals surface area contributed by atoms with E-state index in [0.29, 0.717) is 38.4 Å². The Morgan fingerprint density at radius 1 is 1.33 bits per heavy atom. The maximum atomic E-state index is 13.5. The third kappa shape index (κ3) is 4.88. The summed E-state index contributed by atoms with van der Waals surface area (Å²) >= 11 is 0. The fourth-order valence-corrected chi connectivity index (χ4v) is 3.32.